The number of benzene rings is 1. The summed E-state index contributed by atoms with van der Waals surface area (Å²) in [5.74, 6) is 1.07. The first kappa shape index (κ1) is 26.5. The number of urea groups is 1. The first-order chi connectivity index (χ1) is 16.4. The molecule has 190 valence electrons. The van der Waals surface area contributed by atoms with Crippen LogP contribution in [0.25, 0.3) is 0 Å². The average Bonchev–Trinajstić information content (AvgIpc) is 3.37. The van der Waals surface area contributed by atoms with E-state index in [0.717, 1.165) is 51.3 Å². The number of hydrogen-bond donors (Lipinski definition) is 2. The van der Waals surface area contributed by atoms with Gasteiger partial charge in [-0.3, -0.25) is 9.69 Å². The SMILES string of the molecule is CCN(CC)CCNC(=O)C(C1CCCC1)N1CCN(C(=O)Nc2ccc(C(C)C)cc2)CC1. The third-order valence-electron chi connectivity index (χ3n) is 7.56. The normalized spacial score (nSPS) is 18.5. The third-order valence-corrected chi connectivity index (χ3v) is 7.56. The van der Waals surface area contributed by atoms with Gasteiger partial charge in [0.25, 0.3) is 0 Å². The molecule has 7 heteroatoms. The smallest absolute Gasteiger partial charge is 0.321 e. The van der Waals surface area contributed by atoms with Gasteiger partial charge in [-0.15, -0.1) is 0 Å². The fourth-order valence-electron chi connectivity index (χ4n) is 5.29. The van der Waals surface area contributed by atoms with Crippen molar-refractivity contribution in [2.75, 3.05) is 57.7 Å². The van der Waals surface area contributed by atoms with Crippen LogP contribution < -0.4 is 10.6 Å². The summed E-state index contributed by atoms with van der Waals surface area (Å²) in [5.41, 5.74) is 2.09. The van der Waals surface area contributed by atoms with Crippen molar-refractivity contribution in [2.24, 2.45) is 5.92 Å². The zero-order chi connectivity index (χ0) is 24.5. The average molecular weight is 472 g/mol. The van der Waals surface area contributed by atoms with Crippen molar-refractivity contribution in [1.29, 1.82) is 0 Å². The van der Waals surface area contributed by atoms with E-state index in [1.54, 1.807) is 0 Å². The fourth-order valence-corrected chi connectivity index (χ4v) is 5.29. The van der Waals surface area contributed by atoms with E-state index in [-0.39, 0.29) is 18.0 Å². The number of rotatable bonds is 10. The zero-order valence-corrected chi connectivity index (χ0v) is 21.7. The quantitative estimate of drug-likeness (QED) is 0.542. The molecule has 34 heavy (non-hydrogen) atoms. The van der Waals surface area contributed by atoms with E-state index in [9.17, 15) is 9.59 Å². The zero-order valence-electron chi connectivity index (χ0n) is 21.7. The van der Waals surface area contributed by atoms with Crippen LogP contribution in [0, 0.1) is 5.92 Å². The number of anilines is 1. The molecule has 1 saturated carbocycles. The first-order valence-corrected chi connectivity index (χ1v) is 13.3. The van der Waals surface area contributed by atoms with E-state index in [4.69, 9.17) is 0 Å². The number of hydrogen-bond acceptors (Lipinski definition) is 4. The fraction of sp³-hybridized carbons (Fsp3) is 0.704. The molecular formula is C27H45N5O2. The van der Waals surface area contributed by atoms with E-state index >= 15 is 0 Å². The Balaban J connectivity index is 1.53. The van der Waals surface area contributed by atoms with Crippen molar-refractivity contribution in [1.82, 2.24) is 20.0 Å². The summed E-state index contributed by atoms with van der Waals surface area (Å²) < 4.78 is 0. The van der Waals surface area contributed by atoms with Gasteiger partial charge < -0.3 is 20.4 Å². The van der Waals surface area contributed by atoms with Crippen molar-refractivity contribution >= 4 is 17.6 Å². The van der Waals surface area contributed by atoms with E-state index in [1.165, 1.54) is 18.4 Å². The van der Waals surface area contributed by atoms with Gasteiger partial charge in [0.1, 0.15) is 0 Å². The molecule has 1 heterocycles. The number of nitrogens with zero attached hydrogens (tertiary/aromatic N) is 3. The van der Waals surface area contributed by atoms with Gasteiger partial charge in [0, 0.05) is 45.0 Å². The van der Waals surface area contributed by atoms with E-state index < -0.39 is 0 Å². The minimum Gasteiger partial charge on any atom is -0.353 e. The minimum absolute atomic E-state index is 0.0574. The summed E-state index contributed by atoms with van der Waals surface area (Å²) in [5, 5.41) is 6.25. The Kier molecular flexibility index (Phi) is 10.2. The van der Waals surface area contributed by atoms with Gasteiger partial charge in [0.05, 0.1) is 6.04 Å². The standard InChI is InChI=1S/C27H45N5O2/c1-5-30(6-2)16-15-28-26(33)25(23-9-7-8-10-23)31-17-19-32(20-18-31)27(34)29-24-13-11-22(12-14-24)21(3)4/h11-14,21,23,25H,5-10,15-20H2,1-4H3,(H,28,33)(H,29,34). The number of carbonyl (C=O) groups is 2. The highest BCUT2D eigenvalue weighted by Gasteiger charge is 2.37. The maximum atomic E-state index is 13.3. The summed E-state index contributed by atoms with van der Waals surface area (Å²) >= 11 is 0. The second-order valence-corrected chi connectivity index (χ2v) is 10.0. The largest absolute Gasteiger partial charge is 0.353 e. The molecule has 1 aromatic carbocycles. The minimum atomic E-state index is -0.0759. The highest BCUT2D eigenvalue weighted by molar-refractivity contribution is 5.89. The molecule has 1 unspecified atom stereocenters. The van der Waals surface area contributed by atoms with Gasteiger partial charge in [0.15, 0.2) is 0 Å². The lowest BCUT2D eigenvalue weighted by atomic mass is 9.95. The maximum absolute atomic E-state index is 13.3. The predicted octanol–water partition coefficient (Wildman–Crippen LogP) is 3.98. The number of likely N-dealkylation sites (N-methyl/N-ethyl adjacent to an activating group) is 1. The second kappa shape index (κ2) is 13.1. The van der Waals surface area contributed by atoms with Crippen LogP contribution in [0.3, 0.4) is 0 Å². The molecule has 1 aromatic rings. The van der Waals surface area contributed by atoms with E-state index in [0.29, 0.717) is 31.5 Å². The van der Waals surface area contributed by atoms with Crippen LogP contribution in [0.15, 0.2) is 24.3 Å². The molecule has 2 aliphatic rings. The highest BCUT2D eigenvalue weighted by Crippen LogP contribution is 2.31. The number of nitrogens with one attached hydrogen (secondary N) is 2. The lowest BCUT2D eigenvalue weighted by molar-refractivity contribution is -0.129. The Hall–Kier alpha value is -2.12. The van der Waals surface area contributed by atoms with Crippen molar-refractivity contribution in [2.45, 2.75) is 65.3 Å². The lowest BCUT2D eigenvalue weighted by Gasteiger charge is -2.40. The molecule has 0 spiro atoms. The molecule has 2 N–H and O–H groups in total. The van der Waals surface area contributed by atoms with Crippen LogP contribution >= 0.6 is 0 Å². The van der Waals surface area contributed by atoms with Crippen LogP contribution in [0.2, 0.25) is 0 Å². The predicted molar refractivity (Wildman–Crippen MR) is 139 cm³/mol. The summed E-state index contributed by atoms with van der Waals surface area (Å²) in [7, 11) is 0. The molecule has 1 atom stereocenters. The number of carbonyl (C=O) groups excluding carboxylic acids is 2. The monoisotopic (exact) mass is 471 g/mol. The molecule has 7 nitrogen and oxygen atoms in total. The van der Waals surface area contributed by atoms with Crippen molar-refractivity contribution in [3.05, 3.63) is 29.8 Å². The van der Waals surface area contributed by atoms with Crippen molar-refractivity contribution in [3.8, 4) is 0 Å². The van der Waals surface area contributed by atoms with Crippen LogP contribution in [0.5, 0.6) is 0 Å². The van der Waals surface area contributed by atoms with Crippen LogP contribution in [-0.4, -0.2) is 85.0 Å². The summed E-state index contributed by atoms with van der Waals surface area (Å²) in [6.45, 7) is 15.0. The van der Waals surface area contributed by atoms with Crippen molar-refractivity contribution < 1.29 is 9.59 Å². The van der Waals surface area contributed by atoms with Crippen molar-refractivity contribution in [3.63, 3.8) is 0 Å². The molecule has 0 aromatic heterocycles. The van der Waals surface area contributed by atoms with Crippen LogP contribution in [-0.2, 0) is 4.79 Å². The highest BCUT2D eigenvalue weighted by atomic mass is 16.2. The van der Waals surface area contributed by atoms with E-state index in [1.807, 2.05) is 17.0 Å². The van der Waals surface area contributed by atoms with Gasteiger partial charge in [-0.2, -0.15) is 0 Å². The summed E-state index contributed by atoms with van der Waals surface area (Å²) in [4.78, 5) is 32.6. The Bertz CT molecular complexity index is 764. The lowest BCUT2D eigenvalue weighted by Crippen LogP contribution is -2.58. The van der Waals surface area contributed by atoms with Crippen LogP contribution in [0.1, 0.15) is 64.9 Å². The second-order valence-electron chi connectivity index (χ2n) is 10.0. The molecule has 0 bridgehead atoms. The first-order valence-electron chi connectivity index (χ1n) is 13.3. The van der Waals surface area contributed by atoms with Gasteiger partial charge in [0.2, 0.25) is 5.91 Å². The topological polar surface area (TPSA) is 67.9 Å². The van der Waals surface area contributed by atoms with Gasteiger partial charge >= 0.3 is 6.03 Å². The summed E-state index contributed by atoms with van der Waals surface area (Å²) in [6, 6.07) is 7.96. The molecule has 1 saturated heterocycles. The third kappa shape index (κ3) is 7.19. The maximum Gasteiger partial charge on any atom is 0.321 e. The van der Waals surface area contributed by atoms with Gasteiger partial charge in [-0.05, 0) is 55.5 Å². The molecule has 3 rings (SSSR count). The Labute approximate surface area is 206 Å². The van der Waals surface area contributed by atoms with E-state index in [2.05, 4.69) is 60.3 Å². The Morgan fingerprint density at radius 1 is 1.00 bits per heavy atom. The van der Waals surface area contributed by atoms with Gasteiger partial charge in [-0.1, -0.05) is 52.7 Å². The molecule has 0 radical (unpaired) electrons. The molecule has 2 fully saturated rings. The van der Waals surface area contributed by atoms with Crippen LogP contribution in [0.4, 0.5) is 10.5 Å². The number of piperazine rings is 1. The molecule has 3 amide bonds. The number of amides is 3. The molecular weight excluding hydrogens is 426 g/mol. The Morgan fingerprint density at radius 2 is 1.62 bits per heavy atom. The molecule has 1 aliphatic heterocycles. The Morgan fingerprint density at radius 3 is 2.18 bits per heavy atom. The van der Waals surface area contributed by atoms with Gasteiger partial charge in [-0.25, -0.2) is 4.79 Å². The molecule has 1 aliphatic carbocycles. The summed E-state index contributed by atoms with van der Waals surface area (Å²) in [6.07, 6.45) is 4.68.